The molecule has 0 saturated heterocycles. The van der Waals surface area contributed by atoms with Crippen molar-refractivity contribution in [1.29, 1.82) is 0 Å². The van der Waals surface area contributed by atoms with Crippen LogP contribution in [0.15, 0.2) is 18.2 Å². The van der Waals surface area contributed by atoms with E-state index in [2.05, 4.69) is 24.4 Å². The van der Waals surface area contributed by atoms with Gasteiger partial charge in [0.2, 0.25) is 0 Å². The maximum absolute atomic E-state index is 9.73. The zero-order valence-electron chi connectivity index (χ0n) is 11.3. The van der Waals surface area contributed by atoms with Gasteiger partial charge in [-0.25, -0.2) is 0 Å². The summed E-state index contributed by atoms with van der Waals surface area (Å²) < 4.78 is 5.28. The highest BCUT2D eigenvalue weighted by atomic mass is 16.5. The van der Waals surface area contributed by atoms with E-state index in [1.54, 1.807) is 7.11 Å². The summed E-state index contributed by atoms with van der Waals surface area (Å²) in [4.78, 5) is 0. The molecule has 1 aromatic rings. The van der Waals surface area contributed by atoms with Crippen molar-refractivity contribution in [2.45, 2.75) is 38.1 Å². The van der Waals surface area contributed by atoms with Crippen LogP contribution in [0.3, 0.4) is 0 Å². The van der Waals surface area contributed by atoms with Crippen LogP contribution in [0, 0.1) is 0 Å². The Balaban J connectivity index is 2.20. The van der Waals surface area contributed by atoms with Crippen molar-refractivity contribution in [2.75, 3.05) is 20.3 Å². The second kappa shape index (κ2) is 5.72. The maximum Gasteiger partial charge on any atom is 0.119 e. The third-order valence-corrected chi connectivity index (χ3v) is 3.87. The number of benzene rings is 1. The SMILES string of the molecule is CCCNC1(CO)CCc2ccc(OC)cc2C1. The van der Waals surface area contributed by atoms with Crippen molar-refractivity contribution in [1.82, 2.24) is 5.32 Å². The zero-order valence-corrected chi connectivity index (χ0v) is 11.3. The molecule has 18 heavy (non-hydrogen) atoms. The summed E-state index contributed by atoms with van der Waals surface area (Å²) in [6.45, 7) is 3.31. The lowest BCUT2D eigenvalue weighted by atomic mass is 9.78. The number of hydrogen-bond acceptors (Lipinski definition) is 3. The first-order valence-electron chi connectivity index (χ1n) is 6.75. The quantitative estimate of drug-likeness (QED) is 0.837. The molecule has 0 amide bonds. The first kappa shape index (κ1) is 13.4. The number of aryl methyl sites for hydroxylation is 1. The van der Waals surface area contributed by atoms with Gasteiger partial charge in [0, 0.05) is 5.54 Å². The van der Waals surface area contributed by atoms with Gasteiger partial charge in [0.05, 0.1) is 13.7 Å². The van der Waals surface area contributed by atoms with Gasteiger partial charge in [0.1, 0.15) is 5.75 Å². The summed E-state index contributed by atoms with van der Waals surface area (Å²) >= 11 is 0. The van der Waals surface area contributed by atoms with Crippen molar-refractivity contribution < 1.29 is 9.84 Å². The molecule has 1 atom stereocenters. The molecule has 1 aromatic carbocycles. The Morgan fingerprint density at radius 1 is 1.39 bits per heavy atom. The molecule has 1 unspecified atom stereocenters. The summed E-state index contributed by atoms with van der Waals surface area (Å²) in [5.74, 6) is 0.901. The highest BCUT2D eigenvalue weighted by Gasteiger charge is 2.33. The molecule has 0 aliphatic heterocycles. The Hall–Kier alpha value is -1.06. The summed E-state index contributed by atoms with van der Waals surface area (Å²) in [7, 11) is 1.69. The number of methoxy groups -OCH3 is 1. The number of aliphatic hydroxyl groups is 1. The fourth-order valence-corrected chi connectivity index (χ4v) is 2.70. The Morgan fingerprint density at radius 2 is 2.22 bits per heavy atom. The Kier molecular flexibility index (Phi) is 4.25. The van der Waals surface area contributed by atoms with Gasteiger partial charge >= 0.3 is 0 Å². The third-order valence-electron chi connectivity index (χ3n) is 3.87. The van der Waals surface area contributed by atoms with Gasteiger partial charge < -0.3 is 15.2 Å². The van der Waals surface area contributed by atoms with Crippen LogP contribution in [0.25, 0.3) is 0 Å². The molecule has 1 aliphatic rings. The van der Waals surface area contributed by atoms with Gasteiger partial charge in [-0.05, 0) is 55.5 Å². The number of fused-ring (bicyclic) bond motifs is 1. The van der Waals surface area contributed by atoms with Crippen LogP contribution in [0.1, 0.15) is 30.9 Å². The highest BCUT2D eigenvalue weighted by Crippen LogP contribution is 2.31. The minimum absolute atomic E-state index is 0.143. The van der Waals surface area contributed by atoms with E-state index in [9.17, 15) is 5.11 Å². The van der Waals surface area contributed by atoms with E-state index < -0.39 is 0 Å². The van der Waals surface area contributed by atoms with E-state index in [4.69, 9.17) is 4.74 Å². The summed E-state index contributed by atoms with van der Waals surface area (Å²) in [5, 5.41) is 13.2. The molecule has 0 saturated carbocycles. The average molecular weight is 249 g/mol. The van der Waals surface area contributed by atoms with Crippen LogP contribution in [-0.4, -0.2) is 30.9 Å². The summed E-state index contributed by atoms with van der Waals surface area (Å²) in [6.07, 6.45) is 4.00. The zero-order chi connectivity index (χ0) is 13.0. The van der Waals surface area contributed by atoms with E-state index in [1.165, 1.54) is 11.1 Å². The van der Waals surface area contributed by atoms with E-state index in [-0.39, 0.29) is 12.1 Å². The topological polar surface area (TPSA) is 41.5 Å². The van der Waals surface area contributed by atoms with Crippen LogP contribution in [0.5, 0.6) is 5.75 Å². The van der Waals surface area contributed by atoms with Crippen molar-refractivity contribution in [2.24, 2.45) is 0 Å². The molecular weight excluding hydrogens is 226 g/mol. The predicted molar refractivity (Wildman–Crippen MR) is 73.1 cm³/mol. The van der Waals surface area contributed by atoms with E-state index in [1.807, 2.05) is 6.07 Å². The molecule has 0 bridgehead atoms. The van der Waals surface area contributed by atoms with Gasteiger partial charge in [-0.15, -0.1) is 0 Å². The Morgan fingerprint density at radius 3 is 2.89 bits per heavy atom. The molecule has 100 valence electrons. The molecule has 3 nitrogen and oxygen atoms in total. The van der Waals surface area contributed by atoms with Crippen molar-refractivity contribution in [3.8, 4) is 5.75 Å². The second-order valence-corrected chi connectivity index (χ2v) is 5.18. The molecule has 0 heterocycles. The van der Waals surface area contributed by atoms with Gasteiger partial charge in [-0.1, -0.05) is 13.0 Å². The minimum atomic E-state index is -0.143. The fourth-order valence-electron chi connectivity index (χ4n) is 2.70. The van der Waals surface area contributed by atoms with E-state index in [0.717, 1.165) is 38.0 Å². The molecule has 0 spiro atoms. The fraction of sp³-hybridized carbons (Fsp3) is 0.600. The number of rotatable bonds is 5. The summed E-state index contributed by atoms with van der Waals surface area (Å²) in [5.41, 5.74) is 2.55. The number of hydrogen-bond donors (Lipinski definition) is 2. The first-order chi connectivity index (χ1) is 8.73. The molecule has 2 rings (SSSR count). The van der Waals surface area contributed by atoms with Crippen molar-refractivity contribution >= 4 is 0 Å². The first-order valence-corrected chi connectivity index (χ1v) is 6.75. The lowest BCUT2D eigenvalue weighted by Gasteiger charge is -2.38. The van der Waals surface area contributed by atoms with Crippen molar-refractivity contribution in [3.63, 3.8) is 0 Å². The highest BCUT2D eigenvalue weighted by molar-refractivity contribution is 5.39. The van der Waals surface area contributed by atoms with Gasteiger partial charge in [-0.3, -0.25) is 0 Å². The molecule has 2 N–H and O–H groups in total. The molecule has 0 radical (unpaired) electrons. The lowest BCUT2D eigenvalue weighted by Crippen LogP contribution is -2.52. The summed E-state index contributed by atoms with van der Waals surface area (Å²) in [6, 6.07) is 6.27. The Bertz CT molecular complexity index is 405. The average Bonchev–Trinajstić information content (AvgIpc) is 2.44. The number of aliphatic hydroxyl groups excluding tert-OH is 1. The van der Waals surface area contributed by atoms with E-state index >= 15 is 0 Å². The standard InChI is InChI=1S/C15H23NO2/c1-3-8-16-15(11-17)7-6-12-4-5-14(18-2)9-13(12)10-15/h4-5,9,16-17H,3,6-8,10-11H2,1-2H3. The largest absolute Gasteiger partial charge is 0.497 e. The molecule has 1 aliphatic carbocycles. The smallest absolute Gasteiger partial charge is 0.119 e. The van der Waals surface area contributed by atoms with Crippen molar-refractivity contribution in [3.05, 3.63) is 29.3 Å². The van der Waals surface area contributed by atoms with Gasteiger partial charge in [0.25, 0.3) is 0 Å². The molecular formula is C15H23NO2. The van der Waals surface area contributed by atoms with Crippen LogP contribution in [0.4, 0.5) is 0 Å². The number of ether oxygens (including phenoxy) is 1. The number of nitrogens with one attached hydrogen (secondary N) is 1. The Labute approximate surface area is 109 Å². The lowest BCUT2D eigenvalue weighted by molar-refractivity contribution is 0.145. The molecule has 0 fully saturated rings. The third kappa shape index (κ3) is 2.68. The van der Waals surface area contributed by atoms with Crippen LogP contribution in [-0.2, 0) is 12.8 Å². The van der Waals surface area contributed by atoms with Crippen LogP contribution in [0.2, 0.25) is 0 Å². The van der Waals surface area contributed by atoms with Crippen LogP contribution >= 0.6 is 0 Å². The van der Waals surface area contributed by atoms with Crippen LogP contribution < -0.4 is 10.1 Å². The van der Waals surface area contributed by atoms with Gasteiger partial charge in [0.15, 0.2) is 0 Å². The predicted octanol–water partition coefficient (Wildman–Crippen LogP) is 1.91. The normalized spacial score (nSPS) is 22.6. The molecule has 0 aromatic heterocycles. The maximum atomic E-state index is 9.73. The molecule has 3 heteroatoms. The minimum Gasteiger partial charge on any atom is -0.497 e. The second-order valence-electron chi connectivity index (χ2n) is 5.18. The van der Waals surface area contributed by atoms with Gasteiger partial charge in [-0.2, -0.15) is 0 Å². The monoisotopic (exact) mass is 249 g/mol. The van der Waals surface area contributed by atoms with E-state index in [0.29, 0.717) is 0 Å².